The maximum absolute atomic E-state index is 4.25. The van der Waals surface area contributed by atoms with Gasteiger partial charge >= 0.3 is 0 Å². The Morgan fingerprint density at radius 1 is 1.19 bits per heavy atom. The van der Waals surface area contributed by atoms with Gasteiger partial charge < -0.3 is 4.90 Å². The minimum Gasteiger partial charge on any atom is -0.327 e. The lowest BCUT2D eigenvalue weighted by molar-refractivity contribution is 0.523. The fraction of sp³-hybridized carbons (Fsp3) is 0.154. The third kappa shape index (κ3) is 1.71. The largest absolute Gasteiger partial charge is 0.327 e. The molecule has 0 saturated heterocycles. The molecule has 0 aromatic heterocycles. The lowest BCUT2D eigenvalue weighted by atomic mass is 10.0. The van der Waals surface area contributed by atoms with Gasteiger partial charge in [-0.15, -0.1) is 0 Å². The van der Waals surface area contributed by atoms with Gasteiger partial charge in [-0.2, -0.15) is 0 Å². The van der Waals surface area contributed by atoms with Crippen LogP contribution in [0.15, 0.2) is 51.7 Å². The number of aliphatic imine (C=N–C) groups is 1. The maximum Gasteiger partial charge on any atom is 0.114 e. The zero-order valence-electron chi connectivity index (χ0n) is 8.73. The van der Waals surface area contributed by atoms with E-state index in [1.54, 1.807) is 0 Å². The smallest absolute Gasteiger partial charge is 0.114 e. The van der Waals surface area contributed by atoms with Crippen LogP contribution in [0.1, 0.15) is 12.0 Å². The molecule has 2 nitrogen and oxygen atoms in total. The van der Waals surface area contributed by atoms with E-state index in [0.29, 0.717) is 0 Å². The number of benzene rings is 1. The predicted octanol–water partition coefficient (Wildman–Crippen LogP) is 3.42. The van der Waals surface area contributed by atoms with E-state index in [2.05, 4.69) is 62.4 Å². The van der Waals surface area contributed by atoms with E-state index in [1.165, 1.54) is 16.8 Å². The van der Waals surface area contributed by atoms with Crippen LogP contribution >= 0.6 is 15.9 Å². The van der Waals surface area contributed by atoms with Crippen molar-refractivity contribution in [3.8, 4) is 0 Å². The second-order valence-corrected chi connectivity index (χ2v) is 4.83. The van der Waals surface area contributed by atoms with E-state index in [1.807, 2.05) is 6.21 Å². The number of allylic oxidation sites excluding steroid dienone is 3. The first-order valence-electron chi connectivity index (χ1n) is 5.26. The first-order chi connectivity index (χ1) is 7.83. The lowest BCUT2D eigenvalue weighted by Gasteiger charge is -2.20. The van der Waals surface area contributed by atoms with Crippen LogP contribution in [-0.4, -0.2) is 17.8 Å². The lowest BCUT2D eigenvalue weighted by Crippen LogP contribution is -2.15. The van der Waals surface area contributed by atoms with E-state index < -0.39 is 0 Å². The average Bonchev–Trinajstić information content (AvgIpc) is 2.77. The summed E-state index contributed by atoms with van der Waals surface area (Å²) < 4.78 is 1.12. The van der Waals surface area contributed by atoms with Crippen LogP contribution < -0.4 is 0 Å². The monoisotopic (exact) mass is 274 g/mol. The average molecular weight is 275 g/mol. The van der Waals surface area contributed by atoms with Crippen LogP contribution in [0.2, 0.25) is 0 Å². The second-order valence-electron chi connectivity index (χ2n) is 3.92. The third-order valence-electron chi connectivity index (χ3n) is 2.85. The molecule has 0 saturated carbocycles. The topological polar surface area (TPSA) is 15.6 Å². The number of halogens is 1. The summed E-state index contributed by atoms with van der Waals surface area (Å²) in [6, 6.07) is 8.45. The van der Waals surface area contributed by atoms with Crippen molar-refractivity contribution in [1.29, 1.82) is 0 Å². The first kappa shape index (κ1) is 9.85. The molecule has 1 aromatic rings. The Kier molecular flexibility index (Phi) is 2.40. The summed E-state index contributed by atoms with van der Waals surface area (Å²) in [4.78, 5) is 6.43. The molecule has 3 rings (SSSR count). The second kappa shape index (κ2) is 3.91. The van der Waals surface area contributed by atoms with E-state index in [-0.39, 0.29) is 0 Å². The Balaban J connectivity index is 1.90. The SMILES string of the molecule is Brc1ccc(C2=CN3CN=CC3=CC2)cc1. The molecule has 0 atom stereocenters. The molecule has 0 bridgehead atoms. The van der Waals surface area contributed by atoms with Gasteiger partial charge in [0.2, 0.25) is 0 Å². The summed E-state index contributed by atoms with van der Waals surface area (Å²) in [5, 5.41) is 0. The van der Waals surface area contributed by atoms with Crippen LogP contribution in [0.3, 0.4) is 0 Å². The molecular formula is C13H11BrN2. The van der Waals surface area contributed by atoms with Gasteiger partial charge in [0.1, 0.15) is 6.67 Å². The van der Waals surface area contributed by atoms with Gasteiger partial charge in [-0.05, 0) is 29.7 Å². The molecule has 16 heavy (non-hydrogen) atoms. The van der Waals surface area contributed by atoms with Crippen molar-refractivity contribution in [2.75, 3.05) is 6.67 Å². The molecule has 0 N–H and O–H groups in total. The van der Waals surface area contributed by atoms with Crippen molar-refractivity contribution in [2.45, 2.75) is 6.42 Å². The van der Waals surface area contributed by atoms with Crippen LogP contribution in [0.25, 0.3) is 5.57 Å². The maximum atomic E-state index is 4.25. The molecule has 1 aromatic carbocycles. The molecule has 2 heterocycles. The Morgan fingerprint density at radius 2 is 2.00 bits per heavy atom. The number of fused-ring (bicyclic) bond motifs is 1. The standard InChI is InChI=1S/C13H11BrN2/c14-12-4-1-10(2-5-12)11-3-6-13-7-15-9-16(13)8-11/h1-2,4-8H,3,9H2. The zero-order chi connectivity index (χ0) is 11.0. The van der Waals surface area contributed by atoms with Gasteiger partial charge in [0.05, 0.1) is 5.70 Å². The van der Waals surface area contributed by atoms with E-state index >= 15 is 0 Å². The highest BCUT2D eigenvalue weighted by atomic mass is 79.9. The molecule has 0 unspecified atom stereocenters. The van der Waals surface area contributed by atoms with Crippen molar-refractivity contribution in [3.05, 3.63) is 52.3 Å². The van der Waals surface area contributed by atoms with Crippen LogP contribution in [0.5, 0.6) is 0 Å². The number of hydrogen-bond donors (Lipinski definition) is 0. The van der Waals surface area contributed by atoms with Gasteiger partial charge in [-0.25, -0.2) is 0 Å². The van der Waals surface area contributed by atoms with Gasteiger partial charge in [-0.3, -0.25) is 4.99 Å². The minimum absolute atomic E-state index is 0.756. The molecule has 2 aliphatic rings. The quantitative estimate of drug-likeness (QED) is 0.766. The summed E-state index contributed by atoms with van der Waals surface area (Å²) in [6.45, 7) is 0.756. The van der Waals surface area contributed by atoms with Crippen molar-refractivity contribution in [2.24, 2.45) is 4.99 Å². The van der Waals surface area contributed by atoms with E-state index in [0.717, 1.165) is 17.6 Å². The van der Waals surface area contributed by atoms with Gasteiger partial charge in [-0.1, -0.05) is 34.1 Å². The highest BCUT2D eigenvalue weighted by molar-refractivity contribution is 9.10. The molecule has 0 spiro atoms. The summed E-state index contributed by atoms with van der Waals surface area (Å²) in [7, 11) is 0. The summed E-state index contributed by atoms with van der Waals surface area (Å²) >= 11 is 3.45. The number of hydrogen-bond acceptors (Lipinski definition) is 2. The molecule has 0 fully saturated rings. The molecule has 0 amide bonds. The molecule has 0 radical (unpaired) electrons. The number of rotatable bonds is 1. The third-order valence-corrected chi connectivity index (χ3v) is 3.38. The van der Waals surface area contributed by atoms with Gasteiger partial charge in [0, 0.05) is 16.9 Å². The molecular weight excluding hydrogens is 264 g/mol. The van der Waals surface area contributed by atoms with Crippen LogP contribution in [0.4, 0.5) is 0 Å². The number of nitrogens with zero attached hydrogens (tertiary/aromatic N) is 2. The highest BCUT2D eigenvalue weighted by Gasteiger charge is 2.16. The summed E-state index contributed by atoms with van der Waals surface area (Å²) in [5.74, 6) is 0. The highest BCUT2D eigenvalue weighted by Crippen LogP contribution is 2.28. The fourth-order valence-electron chi connectivity index (χ4n) is 1.98. The van der Waals surface area contributed by atoms with Crippen molar-refractivity contribution < 1.29 is 0 Å². The zero-order valence-corrected chi connectivity index (χ0v) is 10.3. The molecule has 2 aliphatic heterocycles. The first-order valence-corrected chi connectivity index (χ1v) is 6.05. The predicted molar refractivity (Wildman–Crippen MR) is 70.0 cm³/mol. The molecule has 3 heteroatoms. The Morgan fingerprint density at radius 3 is 2.81 bits per heavy atom. The minimum atomic E-state index is 0.756. The summed E-state index contributed by atoms with van der Waals surface area (Å²) in [6.07, 6.45) is 7.35. The van der Waals surface area contributed by atoms with Crippen LogP contribution in [0, 0.1) is 0 Å². The molecule has 80 valence electrons. The van der Waals surface area contributed by atoms with E-state index in [4.69, 9.17) is 0 Å². The Bertz CT molecular complexity index is 497. The van der Waals surface area contributed by atoms with Gasteiger partial charge in [0.15, 0.2) is 0 Å². The summed E-state index contributed by atoms with van der Waals surface area (Å²) in [5.41, 5.74) is 3.85. The van der Waals surface area contributed by atoms with Crippen molar-refractivity contribution in [3.63, 3.8) is 0 Å². The fourth-order valence-corrected chi connectivity index (χ4v) is 2.24. The van der Waals surface area contributed by atoms with Crippen LogP contribution in [-0.2, 0) is 0 Å². The van der Waals surface area contributed by atoms with E-state index in [9.17, 15) is 0 Å². The Hall–Kier alpha value is -1.35. The molecule has 0 aliphatic carbocycles. The van der Waals surface area contributed by atoms with Crippen molar-refractivity contribution in [1.82, 2.24) is 4.90 Å². The van der Waals surface area contributed by atoms with Gasteiger partial charge in [0.25, 0.3) is 0 Å². The Labute approximate surface area is 103 Å². The normalized spacial score (nSPS) is 18.2. The van der Waals surface area contributed by atoms with Crippen molar-refractivity contribution >= 4 is 27.7 Å².